The van der Waals surface area contributed by atoms with Crippen molar-refractivity contribution < 1.29 is 14.4 Å². The molecule has 0 aliphatic rings. The molecule has 0 fully saturated rings. The number of nitrogens with two attached hydrogens (primary N) is 1. The van der Waals surface area contributed by atoms with Crippen molar-refractivity contribution in [1.29, 1.82) is 0 Å². The molecule has 0 radical (unpaired) electrons. The van der Waals surface area contributed by atoms with Gasteiger partial charge in [-0.3, -0.25) is 0 Å². The number of carbonyl (C=O) groups is 1. The minimum absolute atomic E-state index is 0.601. The van der Waals surface area contributed by atoms with Gasteiger partial charge < -0.3 is 9.57 Å². The van der Waals surface area contributed by atoms with Crippen molar-refractivity contribution in [3.05, 3.63) is 35.9 Å². The van der Waals surface area contributed by atoms with E-state index in [1.807, 2.05) is 18.2 Å². The van der Waals surface area contributed by atoms with Crippen LogP contribution in [0.5, 0.6) is 5.75 Å². The Kier molecular flexibility index (Phi) is 3.69. The third-order valence-corrected chi connectivity index (χ3v) is 1.65. The van der Waals surface area contributed by atoms with E-state index in [0.717, 1.165) is 5.56 Å². The van der Waals surface area contributed by atoms with Crippen molar-refractivity contribution in [2.24, 2.45) is 5.90 Å². The van der Waals surface area contributed by atoms with E-state index in [9.17, 15) is 4.79 Å². The zero-order chi connectivity index (χ0) is 10.4. The topological polar surface area (TPSA) is 61.5 Å². The highest BCUT2D eigenvalue weighted by molar-refractivity contribution is 5.87. The van der Waals surface area contributed by atoms with E-state index in [1.165, 1.54) is 6.08 Å². The summed E-state index contributed by atoms with van der Waals surface area (Å²) in [4.78, 5) is 14.7. The summed E-state index contributed by atoms with van der Waals surface area (Å²) in [5, 5.41) is 0. The fourth-order valence-corrected chi connectivity index (χ4v) is 1.00. The van der Waals surface area contributed by atoms with Crippen molar-refractivity contribution in [3.8, 4) is 5.75 Å². The second kappa shape index (κ2) is 5.04. The van der Waals surface area contributed by atoms with Crippen molar-refractivity contribution in [2.75, 3.05) is 7.11 Å². The standard InChI is InChI=1S/C10H11NO3/c1-13-9-5-3-2-4-8(9)6-7-10(12)14-11/h2-7H,11H2,1H3/b7-6+. The average Bonchev–Trinajstić information content (AvgIpc) is 2.26. The van der Waals surface area contributed by atoms with Gasteiger partial charge in [0.05, 0.1) is 7.11 Å². The molecule has 2 N–H and O–H groups in total. The van der Waals surface area contributed by atoms with Gasteiger partial charge in [-0.1, -0.05) is 18.2 Å². The Balaban J connectivity index is 2.85. The van der Waals surface area contributed by atoms with Gasteiger partial charge in [0.15, 0.2) is 0 Å². The Morgan fingerprint density at radius 2 is 2.14 bits per heavy atom. The fourth-order valence-electron chi connectivity index (χ4n) is 1.00. The second-order valence-corrected chi connectivity index (χ2v) is 2.51. The molecule has 0 unspecified atom stereocenters. The van der Waals surface area contributed by atoms with Gasteiger partial charge in [-0.15, -0.1) is 0 Å². The quantitative estimate of drug-likeness (QED) is 0.577. The van der Waals surface area contributed by atoms with Gasteiger partial charge >= 0.3 is 5.97 Å². The largest absolute Gasteiger partial charge is 0.496 e. The lowest BCUT2D eigenvalue weighted by Gasteiger charge is -2.02. The molecule has 0 atom stereocenters. The molecule has 0 aliphatic heterocycles. The number of benzene rings is 1. The Bertz CT molecular complexity index is 347. The molecular formula is C10H11NO3. The van der Waals surface area contributed by atoms with Gasteiger partial charge in [-0.2, -0.15) is 5.90 Å². The molecule has 74 valence electrons. The summed E-state index contributed by atoms with van der Waals surface area (Å²) < 4.78 is 5.08. The predicted octanol–water partition coefficient (Wildman–Crippen LogP) is 1.13. The lowest BCUT2D eigenvalue weighted by molar-refractivity contribution is -0.138. The third-order valence-electron chi connectivity index (χ3n) is 1.65. The molecule has 4 heteroatoms. The van der Waals surface area contributed by atoms with E-state index in [4.69, 9.17) is 4.74 Å². The molecule has 1 rings (SSSR count). The molecule has 0 spiro atoms. The van der Waals surface area contributed by atoms with E-state index >= 15 is 0 Å². The van der Waals surface area contributed by atoms with Crippen LogP contribution in [0.4, 0.5) is 0 Å². The third kappa shape index (κ3) is 2.60. The van der Waals surface area contributed by atoms with Gasteiger partial charge in [0.25, 0.3) is 0 Å². The number of ether oxygens (including phenoxy) is 1. The van der Waals surface area contributed by atoms with Crippen molar-refractivity contribution in [1.82, 2.24) is 0 Å². The van der Waals surface area contributed by atoms with E-state index < -0.39 is 5.97 Å². The highest BCUT2D eigenvalue weighted by atomic mass is 16.7. The number of methoxy groups -OCH3 is 1. The van der Waals surface area contributed by atoms with Crippen molar-refractivity contribution >= 4 is 12.0 Å². The summed E-state index contributed by atoms with van der Waals surface area (Å²) in [6.07, 6.45) is 2.81. The monoisotopic (exact) mass is 193 g/mol. The molecular weight excluding hydrogens is 182 g/mol. The van der Waals surface area contributed by atoms with E-state index in [0.29, 0.717) is 5.75 Å². The fraction of sp³-hybridized carbons (Fsp3) is 0.100. The predicted molar refractivity (Wildman–Crippen MR) is 52.3 cm³/mol. The number of hydrogen-bond donors (Lipinski definition) is 1. The summed E-state index contributed by atoms with van der Waals surface area (Å²) in [6, 6.07) is 7.31. The van der Waals surface area contributed by atoms with Crippen LogP contribution in [-0.2, 0) is 9.63 Å². The van der Waals surface area contributed by atoms with Crippen LogP contribution in [-0.4, -0.2) is 13.1 Å². The number of hydrogen-bond acceptors (Lipinski definition) is 4. The average molecular weight is 193 g/mol. The normalized spacial score (nSPS) is 10.1. The smallest absolute Gasteiger partial charge is 0.349 e. The van der Waals surface area contributed by atoms with Crippen LogP contribution < -0.4 is 10.6 Å². The Morgan fingerprint density at radius 3 is 2.79 bits per heavy atom. The summed E-state index contributed by atoms with van der Waals surface area (Å²) in [5.41, 5.74) is 0.792. The number of rotatable bonds is 3. The first kappa shape index (κ1) is 10.3. The molecule has 0 saturated carbocycles. The van der Waals surface area contributed by atoms with Crippen LogP contribution in [0.2, 0.25) is 0 Å². The van der Waals surface area contributed by atoms with E-state index in [1.54, 1.807) is 19.3 Å². The molecule has 1 aromatic rings. The van der Waals surface area contributed by atoms with Crippen LogP contribution in [0, 0.1) is 0 Å². The van der Waals surface area contributed by atoms with Crippen molar-refractivity contribution in [2.45, 2.75) is 0 Å². The lowest BCUT2D eigenvalue weighted by atomic mass is 10.2. The lowest BCUT2D eigenvalue weighted by Crippen LogP contribution is -2.05. The Morgan fingerprint density at radius 1 is 1.43 bits per heavy atom. The molecule has 0 saturated heterocycles. The summed E-state index contributed by atoms with van der Waals surface area (Å²) in [5.74, 6) is 4.76. The number of para-hydroxylation sites is 1. The van der Waals surface area contributed by atoms with Crippen LogP contribution >= 0.6 is 0 Å². The second-order valence-electron chi connectivity index (χ2n) is 2.51. The first-order chi connectivity index (χ1) is 6.77. The van der Waals surface area contributed by atoms with Gasteiger partial charge in [-0.05, 0) is 12.1 Å². The highest BCUT2D eigenvalue weighted by Crippen LogP contribution is 2.18. The molecule has 1 aromatic carbocycles. The van der Waals surface area contributed by atoms with E-state index in [-0.39, 0.29) is 0 Å². The molecule has 0 amide bonds. The highest BCUT2D eigenvalue weighted by Gasteiger charge is 1.98. The first-order valence-corrected chi connectivity index (χ1v) is 3.99. The minimum Gasteiger partial charge on any atom is -0.496 e. The van der Waals surface area contributed by atoms with Gasteiger partial charge in [0.1, 0.15) is 5.75 Å². The summed E-state index contributed by atoms with van der Waals surface area (Å²) in [6.45, 7) is 0. The van der Waals surface area contributed by atoms with E-state index in [2.05, 4.69) is 10.7 Å². The maximum Gasteiger partial charge on any atom is 0.349 e. The van der Waals surface area contributed by atoms with Gasteiger partial charge in [-0.25, -0.2) is 4.79 Å². The molecule has 0 bridgehead atoms. The van der Waals surface area contributed by atoms with Gasteiger partial charge in [0, 0.05) is 11.6 Å². The molecule has 0 heterocycles. The van der Waals surface area contributed by atoms with Crippen LogP contribution in [0.1, 0.15) is 5.56 Å². The van der Waals surface area contributed by atoms with Crippen LogP contribution in [0.15, 0.2) is 30.3 Å². The van der Waals surface area contributed by atoms with Gasteiger partial charge in [0.2, 0.25) is 0 Å². The summed E-state index contributed by atoms with van der Waals surface area (Å²) in [7, 11) is 1.56. The molecule has 0 aromatic heterocycles. The maximum atomic E-state index is 10.7. The Labute approximate surface area is 81.9 Å². The molecule has 0 aliphatic carbocycles. The first-order valence-electron chi connectivity index (χ1n) is 3.99. The molecule has 14 heavy (non-hydrogen) atoms. The zero-order valence-corrected chi connectivity index (χ0v) is 7.77. The van der Waals surface area contributed by atoms with Crippen molar-refractivity contribution in [3.63, 3.8) is 0 Å². The molecule has 4 nitrogen and oxygen atoms in total. The number of carbonyl (C=O) groups excluding carboxylic acids is 1. The minimum atomic E-state index is -0.601. The zero-order valence-electron chi connectivity index (χ0n) is 7.77. The Hall–Kier alpha value is -1.81. The summed E-state index contributed by atoms with van der Waals surface area (Å²) >= 11 is 0. The van der Waals surface area contributed by atoms with Crippen LogP contribution in [0.3, 0.4) is 0 Å². The van der Waals surface area contributed by atoms with Crippen LogP contribution in [0.25, 0.3) is 6.08 Å². The maximum absolute atomic E-state index is 10.7. The SMILES string of the molecule is COc1ccccc1/C=C/C(=O)ON.